The van der Waals surface area contributed by atoms with Crippen LogP contribution in [-0.4, -0.2) is 4.92 Å². The first-order valence-corrected chi connectivity index (χ1v) is 5.26. The molecule has 1 N–H and O–H groups in total. The minimum Gasteiger partial charge on any atom is -0.404 e. The Morgan fingerprint density at radius 2 is 2.06 bits per heavy atom. The highest BCUT2D eigenvalue weighted by Gasteiger charge is 2.11. The van der Waals surface area contributed by atoms with E-state index in [1.807, 2.05) is 18.2 Å². The number of nitrogens with one attached hydrogen (secondary N) is 1. The Kier molecular flexibility index (Phi) is 3.30. The third-order valence-electron chi connectivity index (χ3n) is 2.15. The van der Waals surface area contributed by atoms with Crippen LogP contribution in [-0.2, 0) is 6.54 Å². The number of nitro groups is 1. The van der Waals surface area contributed by atoms with Gasteiger partial charge in [-0.2, -0.15) is 0 Å². The van der Waals surface area contributed by atoms with Crippen molar-refractivity contribution in [3.8, 4) is 0 Å². The molecule has 0 bridgehead atoms. The van der Waals surface area contributed by atoms with Crippen LogP contribution in [0.1, 0.15) is 5.76 Å². The maximum atomic E-state index is 10.4. The van der Waals surface area contributed by atoms with Gasteiger partial charge in [0, 0.05) is 0 Å². The number of benzene rings is 1. The fourth-order valence-electron chi connectivity index (χ4n) is 1.35. The molecule has 0 saturated heterocycles. The smallest absolute Gasteiger partial charge is 0.404 e. The summed E-state index contributed by atoms with van der Waals surface area (Å²) in [5.41, 5.74) is 0.758. The lowest BCUT2D eigenvalue weighted by Gasteiger charge is -2.05. The summed E-state index contributed by atoms with van der Waals surface area (Å²) in [4.78, 5) is 9.84. The van der Waals surface area contributed by atoms with Crippen LogP contribution >= 0.6 is 11.6 Å². The molecule has 0 unspecified atom stereocenters. The van der Waals surface area contributed by atoms with Gasteiger partial charge in [0.25, 0.3) is 0 Å². The average Bonchev–Trinajstić information content (AvgIpc) is 2.77. The molecule has 0 aliphatic heterocycles. The van der Waals surface area contributed by atoms with Gasteiger partial charge in [-0.05, 0) is 18.2 Å². The van der Waals surface area contributed by atoms with Crippen molar-refractivity contribution < 1.29 is 9.34 Å². The highest BCUT2D eigenvalue weighted by atomic mass is 35.5. The van der Waals surface area contributed by atoms with Crippen molar-refractivity contribution >= 4 is 23.2 Å². The van der Waals surface area contributed by atoms with Gasteiger partial charge in [0.1, 0.15) is 10.7 Å². The highest BCUT2D eigenvalue weighted by molar-refractivity contribution is 6.33. The monoisotopic (exact) mass is 252 g/mol. The standard InChI is InChI=1S/C11H9ClN2O3/c12-9-3-1-2-4-10(9)13-7-8-5-6-11(17-8)14(15)16/h1-6,13H,7H2. The van der Waals surface area contributed by atoms with Gasteiger partial charge in [0.15, 0.2) is 0 Å². The first kappa shape index (κ1) is 11.5. The van der Waals surface area contributed by atoms with Crippen LogP contribution in [0.25, 0.3) is 0 Å². The summed E-state index contributed by atoms with van der Waals surface area (Å²) < 4.78 is 5.00. The average molecular weight is 253 g/mol. The van der Waals surface area contributed by atoms with Crippen molar-refractivity contribution in [3.05, 3.63) is 57.3 Å². The molecule has 0 amide bonds. The topological polar surface area (TPSA) is 68.3 Å². The van der Waals surface area contributed by atoms with Gasteiger partial charge in [-0.25, -0.2) is 0 Å². The number of nitrogens with zero attached hydrogens (tertiary/aromatic N) is 1. The lowest BCUT2D eigenvalue weighted by molar-refractivity contribution is -0.402. The Morgan fingerprint density at radius 3 is 2.71 bits per heavy atom. The largest absolute Gasteiger partial charge is 0.433 e. The van der Waals surface area contributed by atoms with Crippen LogP contribution in [0.15, 0.2) is 40.8 Å². The zero-order valence-corrected chi connectivity index (χ0v) is 9.48. The van der Waals surface area contributed by atoms with Gasteiger partial charge in [0.2, 0.25) is 0 Å². The number of hydrogen-bond donors (Lipinski definition) is 1. The van der Waals surface area contributed by atoms with E-state index in [0.717, 1.165) is 5.69 Å². The molecule has 5 nitrogen and oxygen atoms in total. The number of halogens is 1. The summed E-state index contributed by atoms with van der Waals surface area (Å²) >= 11 is 5.94. The van der Waals surface area contributed by atoms with Gasteiger partial charge < -0.3 is 9.73 Å². The molecule has 2 aromatic rings. The Morgan fingerprint density at radius 1 is 1.29 bits per heavy atom. The summed E-state index contributed by atoms with van der Waals surface area (Å²) in [5, 5.41) is 14.0. The predicted octanol–water partition coefficient (Wildman–Crippen LogP) is 3.45. The maximum Gasteiger partial charge on any atom is 0.433 e. The van der Waals surface area contributed by atoms with E-state index in [2.05, 4.69) is 5.32 Å². The Labute approximate surface area is 102 Å². The first-order valence-electron chi connectivity index (χ1n) is 4.88. The summed E-state index contributed by atoms with van der Waals surface area (Å²) in [6, 6.07) is 10.1. The SMILES string of the molecule is O=[N+]([O-])c1ccc(CNc2ccccc2Cl)o1. The van der Waals surface area contributed by atoms with E-state index in [4.69, 9.17) is 16.0 Å². The molecule has 88 valence electrons. The summed E-state index contributed by atoms with van der Waals surface area (Å²) in [5.74, 6) is 0.220. The molecule has 0 aliphatic carbocycles. The van der Waals surface area contributed by atoms with Crippen LogP contribution in [0.5, 0.6) is 0 Å². The molecule has 1 aromatic heterocycles. The number of furan rings is 1. The fraction of sp³-hybridized carbons (Fsp3) is 0.0909. The lowest BCUT2D eigenvalue weighted by Crippen LogP contribution is -1.98. The second kappa shape index (κ2) is 4.88. The van der Waals surface area contributed by atoms with E-state index >= 15 is 0 Å². The van der Waals surface area contributed by atoms with Crippen molar-refractivity contribution in [1.29, 1.82) is 0 Å². The summed E-state index contributed by atoms with van der Waals surface area (Å²) in [6.07, 6.45) is 0. The van der Waals surface area contributed by atoms with E-state index in [0.29, 0.717) is 17.3 Å². The van der Waals surface area contributed by atoms with Crippen LogP contribution < -0.4 is 5.32 Å². The van der Waals surface area contributed by atoms with Gasteiger partial charge in [-0.3, -0.25) is 10.1 Å². The van der Waals surface area contributed by atoms with E-state index in [1.54, 1.807) is 12.1 Å². The molecule has 6 heteroatoms. The van der Waals surface area contributed by atoms with Crippen LogP contribution in [0, 0.1) is 10.1 Å². The van der Waals surface area contributed by atoms with E-state index in [9.17, 15) is 10.1 Å². The minimum atomic E-state index is -0.570. The van der Waals surface area contributed by atoms with Crippen molar-refractivity contribution in [1.82, 2.24) is 0 Å². The van der Waals surface area contributed by atoms with E-state index < -0.39 is 4.92 Å². The zero-order chi connectivity index (χ0) is 12.3. The van der Waals surface area contributed by atoms with E-state index in [1.165, 1.54) is 6.07 Å². The van der Waals surface area contributed by atoms with Crippen molar-refractivity contribution in [2.24, 2.45) is 0 Å². The molecule has 1 aromatic carbocycles. The molecular weight excluding hydrogens is 244 g/mol. The summed E-state index contributed by atoms with van der Waals surface area (Å²) in [6.45, 7) is 0.345. The predicted molar refractivity (Wildman–Crippen MR) is 64.1 cm³/mol. The van der Waals surface area contributed by atoms with Gasteiger partial charge in [-0.1, -0.05) is 23.7 Å². The Bertz CT molecular complexity index is 539. The molecule has 0 saturated carbocycles. The van der Waals surface area contributed by atoms with Crippen molar-refractivity contribution in [2.75, 3.05) is 5.32 Å². The zero-order valence-electron chi connectivity index (χ0n) is 8.72. The Hall–Kier alpha value is -2.01. The molecule has 0 radical (unpaired) electrons. The maximum absolute atomic E-state index is 10.4. The molecule has 0 aliphatic rings. The second-order valence-electron chi connectivity index (χ2n) is 3.33. The number of rotatable bonds is 4. The summed E-state index contributed by atoms with van der Waals surface area (Å²) in [7, 11) is 0. The van der Waals surface area contributed by atoms with Crippen LogP contribution in [0.2, 0.25) is 5.02 Å². The molecular formula is C11H9ClN2O3. The normalized spacial score (nSPS) is 10.2. The quantitative estimate of drug-likeness (QED) is 0.668. The highest BCUT2D eigenvalue weighted by Crippen LogP contribution is 2.22. The second-order valence-corrected chi connectivity index (χ2v) is 3.74. The first-order chi connectivity index (χ1) is 8.16. The van der Waals surface area contributed by atoms with Gasteiger partial charge in [-0.15, -0.1) is 0 Å². The molecule has 17 heavy (non-hydrogen) atoms. The molecule has 0 fully saturated rings. The van der Waals surface area contributed by atoms with Crippen molar-refractivity contribution in [3.63, 3.8) is 0 Å². The number of hydrogen-bond acceptors (Lipinski definition) is 4. The molecule has 2 rings (SSSR count). The minimum absolute atomic E-state index is 0.263. The number of para-hydroxylation sites is 1. The van der Waals surface area contributed by atoms with Gasteiger partial charge in [0.05, 0.1) is 23.3 Å². The van der Waals surface area contributed by atoms with Crippen molar-refractivity contribution in [2.45, 2.75) is 6.54 Å². The Balaban J connectivity index is 2.02. The third kappa shape index (κ3) is 2.76. The third-order valence-corrected chi connectivity index (χ3v) is 2.48. The molecule has 0 atom stereocenters. The fourth-order valence-corrected chi connectivity index (χ4v) is 1.55. The molecule has 0 spiro atoms. The lowest BCUT2D eigenvalue weighted by atomic mass is 10.3. The van der Waals surface area contributed by atoms with Crippen LogP contribution in [0.3, 0.4) is 0 Å². The molecule has 1 heterocycles. The number of anilines is 1. The van der Waals surface area contributed by atoms with E-state index in [-0.39, 0.29) is 5.88 Å². The van der Waals surface area contributed by atoms with Crippen LogP contribution in [0.4, 0.5) is 11.6 Å². The van der Waals surface area contributed by atoms with Gasteiger partial charge >= 0.3 is 5.88 Å².